The highest BCUT2D eigenvalue weighted by Gasteiger charge is 2.49. The minimum absolute atomic E-state index is 0.275. The SMILES string of the molecule is CCC(C)CC1CC(C)C2(OCCCCO2)C(C)C1. The number of hydrogen-bond acceptors (Lipinski definition) is 2. The van der Waals surface area contributed by atoms with E-state index in [1.807, 2.05) is 0 Å². The molecule has 0 radical (unpaired) electrons. The third-order valence-electron chi connectivity index (χ3n) is 5.37. The molecule has 0 N–H and O–H groups in total. The van der Waals surface area contributed by atoms with Crippen LogP contribution in [0.5, 0.6) is 0 Å². The van der Waals surface area contributed by atoms with Gasteiger partial charge in [-0.15, -0.1) is 0 Å². The van der Waals surface area contributed by atoms with Gasteiger partial charge in [-0.05, 0) is 43.9 Å². The summed E-state index contributed by atoms with van der Waals surface area (Å²) in [6.07, 6.45) is 7.52. The van der Waals surface area contributed by atoms with E-state index in [-0.39, 0.29) is 5.79 Å². The molecular formula is C17H32O2. The van der Waals surface area contributed by atoms with Crippen LogP contribution < -0.4 is 0 Å². The fourth-order valence-electron chi connectivity index (χ4n) is 4.12. The lowest BCUT2D eigenvalue weighted by molar-refractivity contribution is -0.297. The summed E-state index contributed by atoms with van der Waals surface area (Å²) in [7, 11) is 0. The summed E-state index contributed by atoms with van der Waals surface area (Å²) < 4.78 is 12.4. The predicted molar refractivity (Wildman–Crippen MR) is 79.0 cm³/mol. The Morgan fingerprint density at radius 1 is 1.05 bits per heavy atom. The van der Waals surface area contributed by atoms with Gasteiger partial charge in [0.15, 0.2) is 5.79 Å². The molecule has 0 aromatic heterocycles. The Kier molecular flexibility index (Phi) is 5.30. The zero-order valence-electron chi connectivity index (χ0n) is 13.3. The molecule has 1 aliphatic carbocycles. The van der Waals surface area contributed by atoms with Crippen LogP contribution in [0.3, 0.4) is 0 Å². The maximum absolute atomic E-state index is 6.21. The molecule has 2 aliphatic rings. The zero-order chi connectivity index (χ0) is 13.9. The first kappa shape index (κ1) is 15.3. The van der Waals surface area contributed by atoms with Crippen molar-refractivity contribution in [1.82, 2.24) is 0 Å². The van der Waals surface area contributed by atoms with Crippen LogP contribution in [0, 0.1) is 23.7 Å². The average molecular weight is 268 g/mol. The Balaban J connectivity index is 2.01. The lowest BCUT2D eigenvalue weighted by Gasteiger charge is -2.48. The zero-order valence-corrected chi connectivity index (χ0v) is 13.3. The maximum Gasteiger partial charge on any atom is 0.173 e. The molecule has 1 aliphatic heterocycles. The van der Waals surface area contributed by atoms with E-state index < -0.39 is 0 Å². The molecule has 112 valence electrons. The minimum atomic E-state index is -0.275. The first-order valence-corrected chi connectivity index (χ1v) is 8.36. The Bertz CT molecular complexity index is 254. The van der Waals surface area contributed by atoms with Crippen LogP contribution in [0.2, 0.25) is 0 Å². The van der Waals surface area contributed by atoms with Crippen LogP contribution in [-0.4, -0.2) is 19.0 Å². The van der Waals surface area contributed by atoms with Crippen molar-refractivity contribution < 1.29 is 9.47 Å². The summed E-state index contributed by atoms with van der Waals surface area (Å²) in [6, 6.07) is 0. The van der Waals surface area contributed by atoms with Gasteiger partial charge in [0.05, 0.1) is 13.2 Å². The molecule has 0 amide bonds. The molecule has 2 heteroatoms. The fraction of sp³-hybridized carbons (Fsp3) is 1.00. The summed E-state index contributed by atoms with van der Waals surface area (Å²) in [6.45, 7) is 11.1. The van der Waals surface area contributed by atoms with Gasteiger partial charge in [-0.1, -0.05) is 34.1 Å². The van der Waals surface area contributed by atoms with Gasteiger partial charge in [-0.3, -0.25) is 0 Å². The molecule has 0 aromatic carbocycles. The lowest BCUT2D eigenvalue weighted by Crippen LogP contribution is -2.52. The number of hydrogen-bond donors (Lipinski definition) is 0. The van der Waals surface area contributed by atoms with E-state index in [1.165, 1.54) is 25.7 Å². The smallest absolute Gasteiger partial charge is 0.173 e. The molecular weight excluding hydrogens is 236 g/mol. The van der Waals surface area contributed by atoms with Crippen molar-refractivity contribution in [3.63, 3.8) is 0 Å². The molecule has 0 bridgehead atoms. The molecule has 3 unspecified atom stereocenters. The van der Waals surface area contributed by atoms with Gasteiger partial charge in [-0.25, -0.2) is 0 Å². The largest absolute Gasteiger partial charge is 0.349 e. The van der Waals surface area contributed by atoms with E-state index in [2.05, 4.69) is 27.7 Å². The van der Waals surface area contributed by atoms with Crippen molar-refractivity contribution in [2.45, 2.75) is 72.0 Å². The van der Waals surface area contributed by atoms with Crippen LogP contribution in [0.1, 0.15) is 66.2 Å². The Hall–Kier alpha value is -0.0800. The molecule has 1 saturated carbocycles. The van der Waals surface area contributed by atoms with Gasteiger partial charge in [-0.2, -0.15) is 0 Å². The van der Waals surface area contributed by atoms with Crippen LogP contribution in [0.25, 0.3) is 0 Å². The molecule has 0 aromatic rings. The van der Waals surface area contributed by atoms with E-state index in [9.17, 15) is 0 Å². The highest BCUT2D eigenvalue weighted by molar-refractivity contribution is 4.91. The van der Waals surface area contributed by atoms with E-state index in [0.29, 0.717) is 11.8 Å². The molecule has 19 heavy (non-hydrogen) atoms. The van der Waals surface area contributed by atoms with E-state index in [0.717, 1.165) is 37.9 Å². The Labute approximate surface area is 119 Å². The molecule has 1 spiro atoms. The predicted octanol–water partition coefficient (Wildman–Crippen LogP) is 4.63. The van der Waals surface area contributed by atoms with Crippen LogP contribution in [0.15, 0.2) is 0 Å². The normalized spacial score (nSPS) is 36.9. The molecule has 2 rings (SSSR count). The molecule has 1 heterocycles. The molecule has 2 nitrogen and oxygen atoms in total. The second kappa shape index (κ2) is 6.58. The van der Waals surface area contributed by atoms with Crippen molar-refractivity contribution in [3.8, 4) is 0 Å². The summed E-state index contributed by atoms with van der Waals surface area (Å²) >= 11 is 0. The van der Waals surface area contributed by atoms with Gasteiger partial charge >= 0.3 is 0 Å². The molecule has 2 fully saturated rings. The third kappa shape index (κ3) is 3.33. The Morgan fingerprint density at radius 3 is 2.05 bits per heavy atom. The van der Waals surface area contributed by atoms with Gasteiger partial charge in [0, 0.05) is 11.8 Å². The van der Waals surface area contributed by atoms with Crippen molar-refractivity contribution in [3.05, 3.63) is 0 Å². The van der Waals surface area contributed by atoms with E-state index >= 15 is 0 Å². The van der Waals surface area contributed by atoms with Gasteiger partial charge in [0.25, 0.3) is 0 Å². The quantitative estimate of drug-likeness (QED) is 0.743. The monoisotopic (exact) mass is 268 g/mol. The lowest BCUT2D eigenvalue weighted by atomic mass is 9.69. The molecule has 3 atom stereocenters. The van der Waals surface area contributed by atoms with Crippen LogP contribution in [0.4, 0.5) is 0 Å². The summed E-state index contributed by atoms with van der Waals surface area (Å²) in [4.78, 5) is 0. The van der Waals surface area contributed by atoms with Gasteiger partial charge in [0.1, 0.15) is 0 Å². The minimum Gasteiger partial charge on any atom is -0.349 e. The highest BCUT2D eigenvalue weighted by Crippen LogP contribution is 2.47. The van der Waals surface area contributed by atoms with Crippen molar-refractivity contribution in [2.24, 2.45) is 23.7 Å². The summed E-state index contributed by atoms with van der Waals surface area (Å²) in [5.74, 6) is 2.50. The maximum atomic E-state index is 6.21. The van der Waals surface area contributed by atoms with Gasteiger partial charge < -0.3 is 9.47 Å². The van der Waals surface area contributed by atoms with E-state index in [4.69, 9.17) is 9.47 Å². The van der Waals surface area contributed by atoms with Crippen LogP contribution in [-0.2, 0) is 9.47 Å². The second-order valence-electron chi connectivity index (χ2n) is 7.01. The van der Waals surface area contributed by atoms with E-state index in [1.54, 1.807) is 0 Å². The topological polar surface area (TPSA) is 18.5 Å². The van der Waals surface area contributed by atoms with Crippen molar-refractivity contribution in [1.29, 1.82) is 0 Å². The summed E-state index contributed by atoms with van der Waals surface area (Å²) in [5.41, 5.74) is 0. The first-order chi connectivity index (χ1) is 9.08. The standard InChI is InChI=1S/C17H32O2/c1-5-13(2)10-16-11-14(3)17(15(4)12-16)18-8-6-7-9-19-17/h13-16H,5-12H2,1-4H3. The highest BCUT2D eigenvalue weighted by atomic mass is 16.7. The van der Waals surface area contributed by atoms with Crippen molar-refractivity contribution >= 4 is 0 Å². The second-order valence-corrected chi connectivity index (χ2v) is 7.01. The van der Waals surface area contributed by atoms with Crippen LogP contribution >= 0.6 is 0 Å². The van der Waals surface area contributed by atoms with Crippen molar-refractivity contribution in [2.75, 3.05) is 13.2 Å². The number of rotatable bonds is 3. The number of ether oxygens (including phenoxy) is 2. The average Bonchev–Trinajstić information content (AvgIpc) is 2.63. The molecule has 1 saturated heterocycles. The Morgan fingerprint density at radius 2 is 1.58 bits per heavy atom. The fourth-order valence-corrected chi connectivity index (χ4v) is 4.12. The third-order valence-corrected chi connectivity index (χ3v) is 5.37. The first-order valence-electron chi connectivity index (χ1n) is 8.36. The summed E-state index contributed by atoms with van der Waals surface area (Å²) in [5, 5.41) is 0. The van der Waals surface area contributed by atoms with Gasteiger partial charge in [0.2, 0.25) is 0 Å².